The van der Waals surface area contributed by atoms with Gasteiger partial charge in [0.2, 0.25) is 5.91 Å². The molecule has 0 radical (unpaired) electrons. The third-order valence-corrected chi connectivity index (χ3v) is 4.56. The monoisotopic (exact) mass is 281 g/mol. The third-order valence-electron chi connectivity index (χ3n) is 3.86. The lowest BCUT2D eigenvalue weighted by atomic mass is 9.98. The van der Waals surface area contributed by atoms with Crippen LogP contribution in [-0.4, -0.2) is 48.4 Å². The molecule has 1 amide bonds. The largest absolute Gasteiger partial charge is 0.345 e. The van der Waals surface area contributed by atoms with Crippen LogP contribution in [0.25, 0.3) is 0 Å². The Morgan fingerprint density at radius 3 is 2.89 bits per heavy atom. The van der Waals surface area contributed by atoms with Gasteiger partial charge in [-0.3, -0.25) is 9.69 Å². The molecule has 2 rings (SSSR count). The lowest BCUT2D eigenvalue weighted by Crippen LogP contribution is -2.43. The van der Waals surface area contributed by atoms with Crippen LogP contribution in [0.3, 0.4) is 0 Å². The molecule has 0 saturated carbocycles. The van der Waals surface area contributed by atoms with Gasteiger partial charge >= 0.3 is 0 Å². The first-order chi connectivity index (χ1) is 9.13. The smallest absolute Gasteiger partial charge is 0.236 e. The van der Waals surface area contributed by atoms with Crippen LogP contribution >= 0.6 is 11.3 Å². The van der Waals surface area contributed by atoms with Gasteiger partial charge in [0.1, 0.15) is 0 Å². The topological polar surface area (TPSA) is 49.6 Å². The van der Waals surface area contributed by atoms with Crippen molar-refractivity contribution in [1.82, 2.24) is 9.80 Å². The maximum Gasteiger partial charge on any atom is 0.236 e. The molecule has 5 heteroatoms. The molecule has 2 unspecified atom stereocenters. The van der Waals surface area contributed by atoms with E-state index in [9.17, 15) is 4.79 Å². The van der Waals surface area contributed by atoms with Gasteiger partial charge in [-0.2, -0.15) is 11.3 Å². The normalized spacial score (nSPS) is 21.2. The fraction of sp³-hybridized carbons (Fsp3) is 0.643. The van der Waals surface area contributed by atoms with Crippen molar-refractivity contribution in [3.8, 4) is 0 Å². The molecule has 0 bridgehead atoms. The summed E-state index contributed by atoms with van der Waals surface area (Å²) in [6.45, 7) is 4.36. The second-order valence-corrected chi connectivity index (χ2v) is 5.99. The molecule has 0 aliphatic carbocycles. The zero-order chi connectivity index (χ0) is 13.8. The minimum absolute atomic E-state index is 0.0748. The first-order valence-electron chi connectivity index (χ1n) is 6.89. The van der Waals surface area contributed by atoms with Gasteiger partial charge in [-0.1, -0.05) is 6.92 Å². The number of carbonyl (C=O) groups excluding carboxylic acids is 1. The van der Waals surface area contributed by atoms with E-state index >= 15 is 0 Å². The van der Waals surface area contributed by atoms with Crippen molar-refractivity contribution < 1.29 is 4.79 Å². The van der Waals surface area contributed by atoms with E-state index < -0.39 is 0 Å². The second kappa shape index (κ2) is 6.50. The Hall–Kier alpha value is -0.910. The molecule has 0 spiro atoms. The van der Waals surface area contributed by atoms with E-state index in [1.54, 1.807) is 11.3 Å². The summed E-state index contributed by atoms with van der Waals surface area (Å²) >= 11 is 1.69. The molecule has 106 valence electrons. The molecule has 2 atom stereocenters. The molecule has 1 aromatic heterocycles. The summed E-state index contributed by atoms with van der Waals surface area (Å²) in [5.41, 5.74) is 7.56. The number of carbonyl (C=O) groups is 1. The van der Waals surface area contributed by atoms with Crippen LogP contribution in [-0.2, 0) is 4.79 Å². The van der Waals surface area contributed by atoms with Crippen LogP contribution in [0.2, 0.25) is 0 Å². The number of nitrogens with two attached hydrogens (primary N) is 1. The third kappa shape index (κ3) is 3.35. The van der Waals surface area contributed by atoms with Gasteiger partial charge in [-0.25, -0.2) is 0 Å². The second-order valence-electron chi connectivity index (χ2n) is 5.21. The molecular weight excluding hydrogens is 258 g/mol. The Labute approximate surface area is 119 Å². The van der Waals surface area contributed by atoms with E-state index in [-0.39, 0.29) is 18.0 Å². The predicted molar refractivity (Wildman–Crippen MR) is 79.2 cm³/mol. The highest BCUT2D eigenvalue weighted by Crippen LogP contribution is 2.28. The zero-order valence-electron chi connectivity index (χ0n) is 11.7. The molecule has 19 heavy (non-hydrogen) atoms. The number of likely N-dealkylation sites (N-methyl/N-ethyl adjacent to an activating group) is 1. The predicted octanol–water partition coefficient (Wildman–Crippen LogP) is 1.69. The van der Waals surface area contributed by atoms with Crippen LogP contribution in [0, 0.1) is 0 Å². The van der Waals surface area contributed by atoms with Gasteiger partial charge in [0.05, 0.1) is 12.6 Å². The standard InChI is InChI=1S/C14H23N3OS/c1-3-12(15)14(11-5-8-19-10-11)17-7-4-6-16(2)13(18)9-17/h5,8,10,12,14H,3-4,6-7,9,15H2,1-2H3. The summed E-state index contributed by atoms with van der Waals surface area (Å²) in [4.78, 5) is 16.1. The Kier molecular flexibility index (Phi) is 4.96. The van der Waals surface area contributed by atoms with Crippen LogP contribution in [0.1, 0.15) is 31.4 Å². The van der Waals surface area contributed by atoms with E-state index in [0.717, 1.165) is 25.9 Å². The summed E-state index contributed by atoms with van der Waals surface area (Å²) in [6, 6.07) is 2.36. The SMILES string of the molecule is CCC(N)C(c1ccsc1)N1CCCN(C)C(=O)C1. The van der Waals surface area contributed by atoms with Gasteiger partial charge in [-0.15, -0.1) is 0 Å². The van der Waals surface area contributed by atoms with Crippen LogP contribution in [0.5, 0.6) is 0 Å². The Morgan fingerprint density at radius 1 is 1.47 bits per heavy atom. The number of rotatable bonds is 4. The first-order valence-corrected chi connectivity index (χ1v) is 7.83. The molecular formula is C14H23N3OS. The van der Waals surface area contributed by atoms with Crippen molar-refractivity contribution in [1.29, 1.82) is 0 Å². The molecule has 1 aliphatic heterocycles. The molecule has 1 saturated heterocycles. The van der Waals surface area contributed by atoms with Gasteiger partial charge in [0.15, 0.2) is 0 Å². The number of hydrogen-bond donors (Lipinski definition) is 1. The highest BCUT2D eigenvalue weighted by molar-refractivity contribution is 7.07. The summed E-state index contributed by atoms with van der Waals surface area (Å²) in [7, 11) is 1.88. The molecule has 2 heterocycles. The fourth-order valence-electron chi connectivity index (χ4n) is 2.64. The molecule has 1 aromatic rings. The highest BCUT2D eigenvalue weighted by atomic mass is 32.1. The van der Waals surface area contributed by atoms with Gasteiger partial charge in [-0.05, 0) is 35.2 Å². The maximum atomic E-state index is 12.1. The average Bonchev–Trinajstić information content (AvgIpc) is 2.86. The number of thiophene rings is 1. The average molecular weight is 281 g/mol. The van der Waals surface area contributed by atoms with Crippen molar-refractivity contribution in [3.05, 3.63) is 22.4 Å². The van der Waals surface area contributed by atoms with Gasteiger partial charge < -0.3 is 10.6 Å². The first kappa shape index (κ1) is 14.5. The van der Waals surface area contributed by atoms with E-state index in [0.29, 0.717) is 6.54 Å². The maximum absolute atomic E-state index is 12.1. The fourth-order valence-corrected chi connectivity index (χ4v) is 3.33. The summed E-state index contributed by atoms with van der Waals surface area (Å²) in [5.74, 6) is 0.195. The van der Waals surface area contributed by atoms with E-state index in [4.69, 9.17) is 5.73 Å². The van der Waals surface area contributed by atoms with Crippen molar-refractivity contribution in [3.63, 3.8) is 0 Å². The van der Waals surface area contributed by atoms with E-state index in [2.05, 4.69) is 28.7 Å². The summed E-state index contributed by atoms with van der Waals surface area (Å²) in [5, 5.41) is 4.23. The molecule has 1 aliphatic rings. The van der Waals surface area contributed by atoms with E-state index in [1.807, 2.05) is 11.9 Å². The Balaban J connectivity index is 2.20. The van der Waals surface area contributed by atoms with Crippen LogP contribution < -0.4 is 5.73 Å². The van der Waals surface area contributed by atoms with Gasteiger partial charge in [0, 0.05) is 26.2 Å². The molecule has 1 fully saturated rings. The van der Waals surface area contributed by atoms with Crippen LogP contribution in [0.15, 0.2) is 16.8 Å². The molecule has 4 nitrogen and oxygen atoms in total. The molecule has 0 aromatic carbocycles. The zero-order valence-corrected chi connectivity index (χ0v) is 12.5. The van der Waals surface area contributed by atoms with E-state index in [1.165, 1.54) is 5.56 Å². The number of amides is 1. The minimum atomic E-state index is 0.0748. The number of hydrogen-bond acceptors (Lipinski definition) is 4. The summed E-state index contributed by atoms with van der Waals surface area (Å²) in [6.07, 6.45) is 1.93. The summed E-state index contributed by atoms with van der Waals surface area (Å²) < 4.78 is 0. The Morgan fingerprint density at radius 2 is 2.26 bits per heavy atom. The van der Waals surface area contributed by atoms with Crippen molar-refractivity contribution in [2.45, 2.75) is 31.8 Å². The lowest BCUT2D eigenvalue weighted by Gasteiger charge is -2.33. The minimum Gasteiger partial charge on any atom is -0.345 e. The molecule has 2 N–H and O–H groups in total. The Bertz CT molecular complexity index is 407. The van der Waals surface area contributed by atoms with Crippen molar-refractivity contribution in [2.24, 2.45) is 5.73 Å². The highest BCUT2D eigenvalue weighted by Gasteiger charge is 2.29. The van der Waals surface area contributed by atoms with Gasteiger partial charge in [0.25, 0.3) is 0 Å². The van der Waals surface area contributed by atoms with Crippen molar-refractivity contribution >= 4 is 17.2 Å². The lowest BCUT2D eigenvalue weighted by molar-refractivity contribution is -0.130. The quantitative estimate of drug-likeness (QED) is 0.913. The number of nitrogens with zero attached hydrogens (tertiary/aromatic N) is 2. The van der Waals surface area contributed by atoms with Crippen molar-refractivity contribution in [2.75, 3.05) is 26.7 Å². The van der Waals surface area contributed by atoms with Crippen LogP contribution in [0.4, 0.5) is 0 Å².